The average molecular weight is 383 g/mol. The van der Waals surface area contributed by atoms with Crippen molar-refractivity contribution < 1.29 is 14.5 Å². The Labute approximate surface area is 159 Å². The molecule has 0 radical (unpaired) electrons. The maximum absolute atomic E-state index is 12.6. The maximum Gasteiger partial charge on any atom is 0.320 e. The zero-order valence-electron chi connectivity index (χ0n) is 15.1. The van der Waals surface area contributed by atoms with Gasteiger partial charge in [-0.05, 0) is 19.1 Å². The second kappa shape index (κ2) is 7.70. The van der Waals surface area contributed by atoms with Gasteiger partial charge in [0, 0.05) is 25.5 Å². The molecule has 0 aliphatic heterocycles. The van der Waals surface area contributed by atoms with Crippen LogP contribution in [0.15, 0.2) is 42.7 Å². The van der Waals surface area contributed by atoms with E-state index in [0.29, 0.717) is 12.2 Å². The number of amides is 2. The van der Waals surface area contributed by atoms with Crippen molar-refractivity contribution in [1.82, 2.24) is 19.6 Å². The standard InChI is InChI=1S/C17H17N7O4/c1-3-23-10-12(14(21-23)16(25)19-11-7-5-4-6-8-11)20-17(26)15-13(24(27)28)9-18-22(15)2/h4-10H,3H2,1-2H3,(H,19,25)(H,20,26). The molecule has 11 nitrogen and oxygen atoms in total. The lowest BCUT2D eigenvalue weighted by atomic mass is 10.2. The Balaban J connectivity index is 1.89. The molecule has 0 aliphatic carbocycles. The number of carbonyl (C=O) groups is 2. The quantitative estimate of drug-likeness (QED) is 0.494. The van der Waals surface area contributed by atoms with Crippen LogP contribution in [0, 0.1) is 10.1 Å². The number of aromatic nitrogens is 4. The lowest BCUT2D eigenvalue weighted by Gasteiger charge is -2.06. The molecule has 0 spiro atoms. The maximum atomic E-state index is 12.6. The number of nitrogens with one attached hydrogen (secondary N) is 2. The van der Waals surface area contributed by atoms with E-state index in [9.17, 15) is 19.7 Å². The fraction of sp³-hybridized carbons (Fsp3) is 0.176. The summed E-state index contributed by atoms with van der Waals surface area (Å²) in [7, 11) is 1.42. The summed E-state index contributed by atoms with van der Waals surface area (Å²) < 4.78 is 2.58. The minimum absolute atomic E-state index is 0.0103. The summed E-state index contributed by atoms with van der Waals surface area (Å²) in [5, 5.41) is 24.2. The number of carbonyl (C=O) groups excluding carboxylic acids is 2. The smallest absolute Gasteiger partial charge is 0.320 e. The second-order valence-corrected chi connectivity index (χ2v) is 5.78. The van der Waals surface area contributed by atoms with Crippen LogP contribution in [0.4, 0.5) is 17.1 Å². The third-order valence-electron chi connectivity index (χ3n) is 3.91. The van der Waals surface area contributed by atoms with Gasteiger partial charge in [0.1, 0.15) is 6.20 Å². The largest absolute Gasteiger partial charge is 0.321 e. The normalized spacial score (nSPS) is 10.5. The lowest BCUT2D eigenvalue weighted by Crippen LogP contribution is -2.20. The molecule has 28 heavy (non-hydrogen) atoms. The van der Waals surface area contributed by atoms with Crippen LogP contribution in [0.3, 0.4) is 0 Å². The summed E-state index contributed by atoms with van der Waals surface area (Å²) in [6.45, 7) is 2.29. The summed E-state index contributed by atoms with van der Waals surface area (Å²) in [5.74, 6) is -1.29. The van der Waals surface area contributed by atoms with Crippen molar-refractivity contribution in [3.8, 4) is 0 Å². The van der Waals surface area contributed by atoms with E-state index in [0.717, 1.165) is 10.9 Å². The Bertz CT molecular complexity index is 1040. The number of hydrogen-bond donors (Lipinski definition) is 2. The van der Waals surface area contributed by atoms with Crippen LogP contribution in [-0.4, -0.2) is 36.3 Å². The van der Waals surface area contributed by atoms with Gasteiger partial charge in [0.05, 0.1) is 10.6 Å². The van der Waals surface area contributed by atoms with Crippen LogP contribution >= 0.6 is 0 Å². The topological polar surface area (TPSA) is 137 Å². The minimum Gasteiger partial charge on any atom is -0.321 e. The molecule has 0 saturated carbocycles. The summed E-state index contributed by atoms with van der Waals surface area (Å²) in [6.07, 6.45) is 2.48. The van der Waals surface area contributed by atoms with Crippen molar-refractivity contribution in [3.63, 3.8) is 0 Å². The van der Waals surface area contributed by atoms with Gasteiger partial charge in [-0.2, -0.15) is 10.2 Å². The van der Waals surface area contributed by atoms with Gasteiger partial charge in [0.15, 0.2) is 5.69 Å². The summed E-state index contributed by atoms with van der Waals surface area (Å²) in [6, 6.07) is 8.78. The first kappa shape index (κ1) is 18.8. The highest BCUT2D eigenvalue weighted by Crippen LogP contribution is 2.21. The van der Waals surface area contributed by atoms with Crippen LogP contribution in [0.5, 0.6) is 0 Å². The van der Waals surface area contributed by atoms with E-state index in [1.54, 1.807) is 24.3 Å². The highest BCUT2D eigenvalue weighted by atomic mass is 16.6. The van der Waals surface area contributed by atoms with Gasteiger partial charge in [-0.15, -0.1) is 0 Å². The molecule has 144 valence electrons. The fourth-order valence-electron chi connectivity index (χ4n) is 2.56. The molecule has 11 heteroatoms. The lowest BCUT2D eigenvalue weighted by molar-refractivity contribution is -0.385. The molecule has 0 unspecified atom stereocenters. The summed E-state index contributed by atoms with van der Waals surface area (Å²) in [5.41, 5.74) is 0.0274. The van der Waals surface area contributed by atoms with Gasteiger partial charge in [-0.25, -0.2) is 0 Å². The van der Waals surface area contributed by atoms with Crippen LogP contribution in [-0.2, 0) is 13.6 Å². The molecule has 2 heterocycles. The first-order chi connectivity index (χ1) is 13.4. The number of nitrogens with zero attached hydrogens (tertiary/aromatic N) is 5. The van der Waals surface area contributed by atoms with E-state index in [-0.39, 0.29) is 17.1 Å². The third-order valence-corrected chi connectivity index (χ3v) is 3.91. The Morgan fingerprint density at radius 2 is 1.89 bits per heavy atom. The molecule has 0 atom stereocenters. The highest BCUT2D eigenvalue weighted by molar-refractivity contribution is 6.12. The Morgan fingerprint density at radius 3 is 2.54 bits per heavy atom. The summed E-state index contributed by atoms with van der Waals surface area (Å²) in [4.78, 5) is 35.6. The zero-order chi connectivity index (χ0) is 20.3. The molecule has 3 rings (SSSR count). The van der Waals surface area contributed by atoms with Crippen LogP contribution in [0.1, 0.15) is 27.9 Å². The number of para-hydroxylation sites is 1. The van der Waals surface area contributed by atoms with E-state index in [1.165, 1.54) is 17.9 Å². The predicted molar refractivity (Wildman–Crippen MR) is 100 cm³/mol. The van der Waals surface area contributed by atoms with Crippen molar-refractivity contribution >= 4 is 28.9 Å². The van der Waals surface area contributed by atoms with Crippen molar-refractivity contribution in [2.24, 2.45) is 7.05 Å². The highest BCUT2D eigenvalue weighted by Gasteiger charge is 2.27. The van der Waals surface area contributed by atoms with Gasteiger partial charge in [-0.1, -0.05) is 18.2 Å². The summed E-state index contributed by atoms with van der Waals surface area (Å²) >= 11 is 0. The Morgan fingerprint density at radius 1 is 1.18 bits per heavy atom. The SMILES string of the molecule is CCn1cc(NC(=O)c2c([N+](=O)[O-])cnn2C)c(C(=O)Nc2ccccc2)n1. The van der Waals surface area contributed by atoms with E-state index in [2.05, 4.69) is 20.8 Å². The third kappa shape index (κ3) is 3.72. The van der Waals surface area contributed by atoms with Crippen molar-refractivity contribution in [1.29, 1.82) is 0 Å². The number of aryl methyl sites for hydroxylation is 2. The predicted octanol–water partition coefficient (Wildman–Crippen LogP) is 2.05. The molecular formula is C17H17N7O4. The Kier molecular flexibility index (Phi) is 5.16. The van der Waals surface area contributed by atoms with Crippen LogP contribution in [0.2, 0.25) is 0 Å². The molecule has 3 aromatic rings. The molecule has 1 aromatic carbocycles. The minimum atomic E-state index is -0.767. The van der Waals surface area contributed by atoms with Gasteiger partial charge in [0.25, 0.3) is 11.8 Å². The van der Waals surface area contributed by atoms with E-state index in [4.69, 9.17) is 0 Å². The van der Waals surface area contributed by atoms with Crippen LogP contribution in [0.25, 0.3) is 0 Å². The first-order valence-corrected chi connectivity index (χ1v) is 8.32. The van der Waals surface area contributed by atoms with Gasteiger partial charge >= 0.3 is 5.69 Å². The van der Waals surface area contributed by atoms with Gasteiger partial charge in [-0.3, -0.25) is 29.1 Å². The van der Waals surface area contributed by atoms with Gasteiger partial charge in [0.2, 0.25) is 5.69 Å². The van der Waals surface area contributed by atoms with Crippen molar-refractivity contribution in [2.45, 2.75) is 13.5 Å². The number of nitro groups is 1. The number of benzene rings is 1. The molecular weight excluding hydrogens is 366 g/mol. The first-order valence-electron chi connectivity index (χ1n) is 8.32. The van der Waals surface area contributed by atoms with E-state index >= 15 is 0 Å². The molecule has 0 saturated heterocycles. The monoisotopic (exact) mass is 383 g/mol. The molecule has 2 N–H and O–H groups in total. The zero-order valence-corrected chi connectivity index (χ0v) is 15.1. The number of rotatable bonds is 6. The molecule has 0 bridgehead atoms. The number of hydrogen-bond acceptors (Lipinski definition) is 6. The number of anilines is 2. The molecule has 2 aromatic heterocycles. The molecule has 2 amide bonds. The van der Waals surface area contributed by atoms with E-state index < -0.39 is 22.4 Å². The van der Waals surface area contributed by atoms with E-state index in [1.807, 2.05) is 13.0 Å². The molecule has 0 aliphatic rings. The van der Waals surface area contributed by atoms with Crippen molar-refractivity contribution in [2.75, 3.05) is 10.6 Å². The Hall–Kier alpha value is -4.02. The second-order valence-electron chi connectivity index (χ2n) is 5.78. The van der Waals surface area contributed by atoms with Gasteiger partial charge < -0.3 is 10.6 Å². The van der Waals surface area contributed by atoms with Crippen LogP contribution < -0.4 is 10.6 Å². The average Bonchev–Trinajstić information content (AvgIpc) is 3.26. The fourth-order valence-corrected chi connectivity index (χ4v) is 2.56. The molecule has 0 fully saturated rings. The van der Waals surface area contributed by atoms with Crippen molar-refractivity contribution in [3.05, 3.63) is 64.2 Å².